The first-order chi connectivity index (χ1) is 5.92. The second-order valence-electron chi connectivity index (χ2n) is 2.41. The van der Waals surface area contributed by atoms with E-state index in [1.807, 2.05) is 12.1 Å². The Balaban J connectivity index is 2.64. The van der Waals surface area contributed by atoms with Crippen molar-refractivity contribution < 1.29 is 0 Å². The molecule has 4 heteroatoms. The minimum atomic E-state index is 0.349. The van der Waals surface area contributed by atoms with E-state index >= 15 is 0 Å². The van der Waals surface area contributed by atoms with Crippen molar-refractivity contribution in [1.82, 2.24) is 15.2 Å². The molecule has 0 saturated carbocycles. The van der Waals surface area contributed by atoms with Crippen LogP contribution in [0.2, 0.25) is 0 Å². The van der Waals surface area contributed by atoms with Gasteiger partial charge in [0.2, 0.25) is 0 Å². The molecule has 0 aromatic carbocycles. The minimum Gasteiger partial charge on any atom is -0.279 e. The van der Waals surface area contributed by atoms with Crippen LogP contribution in [0.4, 0.5) is 0 Å². The number of rotatable bonds is 1. The second-order valence-corrected chi connectivity index (χ2v) is 2.41. The molecule has 0 amide bonds. The standard InChI is InChI=1S/C8H6N4/c9-4-3-7-6-2-1-5-10-8(6)12-11-7/h1-2,5H,3H2,(H,10,11,12). The van der Waals surface area contributed by atoms with Crippen molar-refractivity contribution in [2.45, 2.75) is 6.42 Å². The fourth-order valence-electron chi connectivity index (χ4n) is 1.12. The molecular weight excluding hydrogens is 152 g/mol. The third kappa shape index (κ3) is 0.920. The number of aromatic nitrogens is 3. The Hall–Kier alpha value is -1.89. The number of hydrogen-bond donors (Lipinski definition) is 1. The molecule has 58 valence electrons. The summed E-state index contributed by atoms with van der Waals surface area (Å²) in [7, 11) is 0. The first kappa shape index (κ1) is 6.80. The van der Waals surface area contributed by atoms with E-state index in [4.69, 9.17) is 5.26 Å². The highest BCUT2D eigenvalue weighted by Crippen LogP contribution is 2.12. The number of aromatic amines is 1. The molecular formula is C8H6N4. The van der Waals surface area contributed by atoms with Gasteiger partial charge in [0.05, 0.1) is 18.2 Å². The van der Waals surface area contributed by atoms with Gasteiger partial charge in [-0.3, -0.25) is 5.10 Å². The predicted octanol–water partition coefficient (Wildman–Crippen LogP) is 1.02. The number of fused-ring (bicyclic) bond motifs is 1. The van der Waals surface area contributed by atoms with Crippen LogP contribution in [0.3, 0.4) is 0 Å². The lowest BCUT2D eigenvalue weighted by Crippen LogP contribution is -1.80. The van der Waals surface area contributed by atoms with Gasteiger partial charge in [0.25, 0.3) is 0 Å². The summed E-state index contributed by atoms with van der Waals surface area (Å²) >= 11 is 0. The van der Waals surface area contributed by atoms with Gasteiger partial charge in [0.15, 0.2) is 5.65 Å². The number of hydrogen-bond acceptors (Lipinski definition) is 3. The molecule has 0 saturated heterocycles. The van der Waals surface area contributed by atoms with Crippen molar-refractivity contribution in [2.24, 2.45) is 0 Å². The summed E-state index contributed by atoms with van der Waals surface area (Å²) in [5.74, 6) is 0. The van der Waals surface area contributed by atoms with E-state index in [1.165, 1.54) is 0 Å². The van der Waals surface area contributed by atoms with E-state index in [0.717, 1.165) is 11.1 Å². The average molecular weight is 158 g/mol. The summed E-state index contributed by atoms with van der Waals surface area (Å²) in [6.07, 6.45) is 2.03. The Morgan fingerprint density at radius 3 is 3.33 bits per heavy atom. The average Bonchev–Trinajstić information content (AvgIpc) is 2.50. The highest BCUT2D eigenvalue weighted by atomic mass is 15.1. The Morgan fingerprint density at radius 1 is 1.58 bits per heavy atom. The molecule has 2 heterocycles. The molecule has 0 radical (unpaired) electrons. The van der Waals surface area contributed by atoms with Gasteiger partial charge in [-0.25, -0.2) is 4.98 Å². The van der Waals surface area contributed by atoms with Gasteiger partial charge < -0.3 is 0 Å². The van der Waals surface area contributed by atoms with E-state index in [-0.39, 0.29) is 0 Å². The van der Waals surface area contributed by atoms with Crippen LogP contribution in [-0.4, -0.2) is 15.2 Å². The van der Waals surface area contributed by atoms with Crippen molar-refractivity contribution in [2.75, 3.05) is 0 Å². The van der Waals surface area contributed by atoms with Crippen LogP contribution in [0.25, 0.3) is 11.0 Å². The summed E-state index contributed by atoms with van der Waals surface area (Å²) in [6.45, 7) is 0. The van der Waals surface area contributed by atoms with E-state index in [0.29, 0.717) is 12.1 Å². The quantitative estimate of drug-likeness (QED) is 0.673. The number of nitrogens with zero attached hydrogens (tertiary/aromatic N) is 3. The summed E-state index contributed by atoms with van der Waals surface area (Å²) in [5, 5.41) is 16.1. The molecule has 4 nitrogen and oxygen atoms in total. The third-order valence-electron chi connectivity index (χ3n) is 1.66. The van der Waals surface area contributed by atoms with Crippen LogP contribution >= 0.6 is 0 Å². The van der Waals surface area contributed by atoms with E-state index in [9.17, 15) is 0 Å². The lowest BCUT2D eigenvalue weighted by atomic mass is 10.2. The zero-order valence-electron chi connectivity index (χ0n) is 6.28. The zero-order chi connectivity index (χ0) is 8.39. The van der Waals surface area contributed by atoms with Crippen LogP contribution in [0.15, 0.2) is 18.3 Å². The highest BCUT2D eigenvalue weighted by Gasteiger charge is 2.03. The maximum absolute atomic E-state index is 8.48. The smallest absolute Gasteiger partial charge is 0.181 e. The van der Waals surface area contributed by atoms with Crippen molar-refractivity contribution in [3.63, 3.8) is 0 Å². The lowest BCUT2D eigenvalue weighted by molar-refractivity contribution is 1.02. The van der Waals surface area contributed by atoms with Crippen molar-refractivity contribution in [1.29, 1.82) is 5.26 Å². The predicted molar refractivity (Wildman–Crippen MR) is 43.2 cm³/mol. The molecule has 12 heavy (non-hydrogen) atoms. The third-order valence-corrected chi connectivity index (χ3v) is 1.66. The van der Waals surface area contributed by atoms with Crippen molar-refractivity contribution in [3.8, 4) is 6.07 Å². The van der Waals surface area contributed by atoms with Crippen LogP contribution < -0.4 is 0 Å². The van der Waals surface area contributed by atoms with Gasteiger partial charge in [-0.1, -0.05) is 0 Å². The fourth-order valence-corrected chi connectivity index (χ4v) is 1.12. The van der Waals surface area contributed by atoms with Crippen LogP contribution in [0.5, 0.6) is 0 Å². The molecule has 2 rings (SSSR count). The molecule has 0 aliphatic heterocycles. The fraction of sp³-hybridized carbons (Fsp3) is 0.125. The Labute approximate surface area is 68.9 Å². The number of nitriles is 1. The van der Waals surface area contributed by atoms with Gasteiger partial charge in [-0.15, -0.1) is 0 Å². The van der Waals surface area contributed by atoms with E-state index in [1.54, 1.807) is 6.20 Å². The van der Waals surface area contributed by atoms with Crippen LogP contribution in [0.1, 0.15) is 5.69 Å². The molecule has 1 N–H and O–H groups in total. The molecule has 0 spiro atoms. The van der Waals surface area contributed by atoms with Crippen LogP contribution in [0, 0.1) is 11.3 Å². The molecule has 0 atom stereocenters. The van der Waals surface area contributed by atoms with Crippen molar-refractivity contribution in [3.05, 3.63) is 24.0 Å². The molecule has 0 aliphatic rings. The number of nitrogens with one attached hydrogen (secondary N) is 1. The Kier molecular flexibility index (Phi) is 1.49. The summed E-state index contributed by atoms with van der Waals surface area (Å²) < 4.78 is 0. The lowest BCUT2D eigenvalue weighted by Gasteiger charge is -1.87. The first-order valence-electron chi connectivity index (χ1n) is 3.57. The normalized spacial score (nSPS) is 9.92. The minimum absolute atomic E-state index is 0.349. The SMILES string of the molecule is N#CCc1[nH]nc2ncccc12. The molecule has 0 aliphatic carbocycles. The zero-order valence-corrected chi connectivity index (χ0v) is 6.28. The van der Waals surface area contributed by atoms with E-state index < -0.39 is 0 Å². The number of pyridine rings is 1. The maximum atomic E-state index is 8.48. The highest BCUT2D eigenvalue weighted by molar-refractivity contribution is 5.77. The molecule has 2 aromatic rings. The Morgan fingerprint density at radius 2 is 2.50 bits per heavy atom. The first-order valence-corrected chi connectivity index (χ1v) is 3.57. The summed E-state index contributed by atoms with van der Waals surface area (Å²) in [5.41, 5.74) is 1.50. The molecule has 0 unspecified atom stereocenters. The van der Waals surface area contributed by atoms with Gasteiger partial charge in [0.1, 0.15) is 0 Å². The van der Waals surface area contributed by atoms with Gasteiger partial charge >= 0.3 is 0 Å². The summed E-state index contributed by atoms with van der Waals surface area (Å²) in [4.78, 5) is 4.03. The topological polar surface area (TPSA) is 65.4 Å². The molecule has 0 bridgehead atoms. The maximum Gasteiger partial charge on any atom is 0.181 e. The summed E-state index contributed by atoms with van der Waals surface area (Å²) in [6, 6.07) is 5.80. The molecule has 0 fully saturated rings. The van der Waals surface area contributed by atoms with Crippen LogP contribution in [-0.2, 0) is 6.42 Å². The van der Waals surface area contributed by atoms with Gasteiger partial charge in [-0.05, 0) is 12.1 Å². The largest absolute Gasteiger partial charge is 0.279 e. The van der Waals surface area contributed by atoms with Gasteiger partial charge in [0, 0.05) is 11.6 Å². The van der Waals surface area contributed by atoms with Crippen molar-refractivity contribution >= 4 is 11.0 Å². The monoisotopic (exact) mass is 158 g/mol. The number of H-pyrrole nitrogens is 1. The van der Waals surface area contributed by atoms with Gasteiger partial charge in [-0.2, -0.15) is 10.4 Å². The Bertz CT molecular complexity index is 437. The van der Waals surface area contributed by atoms with E-state index in [2.05, 4.69) is 21.3 Å². The second kappa shape index (κ2) is 2.62. The molecule has 2 aromatic heterocycles.